The Kier molecular flexibility index (Phi) is 4.73. The third-order valence-corrected chi connectivity index (χ3v) is 4.16. The van der Waals surface area contributed by atoms with Crippen molar-refractivity contribution in [3.63, 3.8) is 0 Å². The summed E-state index contributed by atoms with van der Waals surface area (Å²) in [5, 5.41) is 2.86. The number of carbonyl (C=O) groups excluding carboxylic acids is 1. The van der Waals surface area contributed by atoms with Crippen LogP contribution in [0.3, 0.4) is 0 Å². The molecular weight excluding hydrogens is 282 g/mol. The van der Waals surface area contributed by atoms with Gasteiger partial charge in [0.2, 0.25) is 5.91 Å². The van der Waals surface area contributed by atoms with Gasteiger partial charge in [-0.1, -0.05) is 0 Å². The van der Waals surface area contributed by atoms with Crippen molar-refractivity contribution in [2.45, 2.75) is 39.7 Å². The Morgan fingerprint density at radius 3 is 2.71 bits per heavy atom. The normalized spacial score (nSPS) is 11.4. The van der Waals surface area contributed by atoms with Crippen molar-refractivity contribution in [3.8, 4) is 10.6 Å². The van der Waals surface area contributed by atoms with Crippen molar-refractivity contribution >= 4 is 17.2 Å². The molecule has 0 saturated carbocycles. The van der Waals surface area contributed by atoms with Crippen molar-refractivity contribution in [3.05, 3.63) is 35.6 Å². The summed E-state index contributed by atoms with van der Waals surface area (Å²) in [5.74, 6) is 0.119. The van der Waals surface area contributed by atoms with Crippen LogP contribution in [0.25, 0.3) is 10.6 Å². The van der Waals surface area contributed by atoms with Crippen LogP contribution in [0.4, 0.5) is 0 Å². The van der Waals surface area contributed by atoms with Gasteiger partial charge < -0.3 is 4.90 Å². The topological polar surface area (TPSA) is 46.1 Å². The van der Waals surface area contributed by atoms with E-state index in [1.807, 2.05) is 29.3 Å². The number of pyridine rings is 1. The molecule has 0 saturated heterocycles. The van der Waals surface area contributed by atoms with Gasteiger partial charge in [0.05, 0.1) is 12.1 Å². The quantitative estimate of drug-likeness (QED) is 0.869. The second-order valence-electron chi connectivity index (χ2n) is 5.87. The zero-order chi connectivity index (χ0) is 15.5. The van der Waals surface area contributed by atoms with Gasteiger partial charge >= 0.3 is 0 Å². The molecule has 0 spiro atoms. The molecule has 21 heavy (non-hydrogen) atoms. The van der Waals surface area contributed by atoms with Gasteiger partial charge in [-0.05, 0) is 39.8 Å². The Hall–Kier alpha value is -1.75. The maximum atomic E-state index is 12.4. The molecule has 0 aliphatic heterocycles. The highest BCUT2D eigenvalue weighted by Gasteiger charge is 2.25. The van der Waals surface area contributed by atoms with E-state index in [-0.39, 0.29) is 11.4 Å². The standard InChI is InChI=1S/C16H21N3OS/c1-5-19(16(2,3)4)14(20)9-13-11-21-15(18-13)12-7-6-8-17-10-12/h6-8,10-11H,5,9H2,1-4H3. The van der Waals surface area contributed by atoms with Crippen molar-refractivity contribution in [2.75, 3.05) is 6.54 Å². The summed E-state index contributed by atoms with van der Waals surface area (Å²) < 4.78 is 0. The average molecular weight is 303 g/mol. The smallest absolute Gasteiger partial charge is 0.229 e. The summed E-state index contributed by atoms with van der Waals surface area (Å²) in [4.78, 5) is 22.9. The Morgan fingerprint density at radius 2 is 2.14 bits per heavy atom. The third-order valence-electron chi connectivity index (χ3n) is 3.22. The Bertz CT molecular complexity index is 601. The molecule has 0 aliphatic carbocycles. The SMILES string of the molecule is CCN(C(=O)Cc1csc(-c2cccnc2)n1)C(C)(C)C. The monoisotopic (exact) mass is 303 g/mol. The second kappa shape index (κ2) is 6.35. The van der Waals surface area contributed by atoms with Crippen LogP contribution in [0.15, 0.2) is 29.9 Å². The Balaban J connectivity index is 2.11. The van der Waals surface area contributed by atoms with E-state index < -0.39 is 0 Å². The summed E-state index contributed by atoms with van der Waals surface area (Å²) in [6.45, 7) is 8.87. The number of rotatable bonds is 4. The van der Waals surface area contributed by atoms with E-state index in [1.54, 1.807) is 23.7 Å². The highest BCUT2D eigenvalue weighted by atomic mass is 32.1. The molecule has 0 unspecified atom stereocenters. The highest BCUT2D eigenvalue weighted by molar-refractivity contribution is 7.13. The molecule has 0 radical (unpaired) electrons. The fourth-order valence-corrected chi connectivity index (χ4v) is 3.10. The van der Waals surface area contributed by atoms with Crippen molar-refractivity contribution in [1.82, 2.24) is 14.9 Å². The third kappa shape index (κ3) is 3.88. The van der Waals surface area contributed by atoms with Crippen LogP contribution in [0, 0.1) is 0 Å². The average Bonchev–Trinajstić information content (AvgIpc) is 2.87. The number of carbonyl (C=O) groups is 1. The molecule has 2 aromatic rings. The van der Waals surface area contributed by atoms with Gasteiger partial charge in [-0.3, -0.25) is 9.78 Å². The van der Waals surface area contributed by atoms with Crippen LogP contribution in [0.1, 0.15) is 33.4 Å². The molecule has 0 atom stereocenters. The number of likely N-dealkylation sites (N-methyl/N-ethyl adjacent to an activating group) is 1. The first-order valence-electron chi connectivity index (χ1n) is 7.07. The van der Waals surface area contributed by atoms with Gasteiger partial charge in [-0.2, -0.15) is 0 Å². The zero-order valence-corrected chi connectivity index (χ0v) is 13.8. The number of hydrogen-bond acceptors (Lipinski definition) is 4. The summed E-state index contributed by atoms with van der Waals surface area (Å²) in [5.41, 5.74) is 1.66. The minimum atomic E-state index is -0.159. The van der Waals surface area contributed by atoms with E-state index in [2.05, 4.69) is 30.7 Å². The van der Waals surface area contributed by atoms with Crippen LogP contribution < -0.4 is 0 Å². The zero-order valence-electron chi connectivity index (χ0n) is 13.0. The largest absolute Gasteiger partial charge is 0.338 e. The van der Waals surface area contributed by atoms with Crippen molar-refractivity contribution in [1.29, 1.82) is 0 Å². The molecule has 2 heterocycles. The number of hydrogen-bond donors (Lipinski definition) is 0. The first kappa shape index (κ1) is 15.6. The molecule has 112 valence electrons. The molecule has 0 bridgehead atoms. The van der Waals surface area contributed by atoms with Crippen molar-refractivity contribution < 1.29 is 4.79 Å². The first-order valence-corrected chi connectivity index (χ1v) is 7.95. The van der Waals surface area contributed by atoms with Crippen LogP contribution in [0.2, 0.25) is 0 Å². The van der Waals surface area contributed by atoms with E-state index in [9.17, 15) is 4.79 Å². The Labute approximate surface area is 129 Å². The summed E-state index contributed by atoms with van der Waals surface area (Å²) in [6.07, 6.45) is 3.88. The summed E-state index contributed by atoms with van der Waals surface area (Å²) in [6, 6.07) is 3.87. The molecule has 0 N–H and O–H groups in total. The van der Waals surface area contributed by atoms with Gasteiger partial charge in [-0.15, -0.1) is 11.3 Å². The molecule has 4 nitrogen and oxygen atoms in total. The molecule has 0 aliphatic rings. The second-order valence-corrected chi connectivity index (χ2v) is 6.73. The van der Waals surface area contributed by atoms with Gasteiger partial charge in [0.15, 0.2) is 0 Å². The molecule has 2 aromatic heterocycles. The molecule has 5 heteroatoms. The van der Waals surface area contributed by atoms with Crippen LogP contribution in [-0.4, -0.2) is 32.9 Å². The lowest BCUT2D eigenvalue weighted by molar-refractivity contribution is -0.134. The van der Waals surface area contributed by atoms with Gasteiger partial charge in [-0.25, -0.2) is 4.98 Å². The molecule has 0 aromatic carbocycles. The fourth-order valence-electron chi connectivity index (χ4n) is 2.29. The van der Waals surface area contributed by atoms with E-state index >= 15 is 0 Å². The lowest BCUT2D eigenvalue weighted by Gasteiger charge is -2.34. The van der Waals surface area contributed by atoms with E-state index in [4.69, 9.17) is 0 Å². The molecule has 1 amide bonds. The predicted molar refractivity (Wildman–Crippen MR) is 86.2 cm³/mol. The number of amides is 1. The minimum Gasteiger partial charge on any atom is -0.338 e. The Morgan fingerprint density at radius 1 is 1.38 bits per heavy atom. The number of nitrogens with zero attached hydrogens (tertiary/aromatic N) is 3. The fraction of sp³-hybridized carbons (Fsp3) is 0.438. The lowest BCUT2D eigenvalue weighted by Crippen LogP contribution is -2.46. The molecular formula is C16H21N3OS. The maximum absolute atomic E-state index is 12.4. The van der Waals surface area contributed by atoms with Crippen molar-refractivity contribution in [2.24, 2.45) is 0 Å². The van der Waals surface area contributed by atoms with E-state index in [0.29, 0.717) is 13.0 Å². The maximum Gasteiger partial charge on any atom is 0.229 e. The summed E-state index contributed by atoms with van der Waals surface area (Å²) in [7, 11) is 0. The minimum absolute atomic E-state index is 0.119. The van der Waals surface area contributed by atoms with Gasteiger partial charge in [0, 0.05) is 35.4 Å². The van der Waals surface area contributed by atoms with Gasteiger partial charge in [0.1, 0.15) is 5.01 Å². The van der Waals surface area contributed by atoms with Crippen LogP contribution >= 0.6 is 11.3 Å². The molecule has 0 fully saturated rings. The van der Waals surface area contributed by atoms with Crippen LogP contribution in [-0.2, 0) is 11.2 Å². The van der Waals surface area contributed by atoms with Gasteiger partial charge in [0.25, 0.3) is 0 Å². The lowest BCUT2D eigenvalue weighted by atomic mass is 10.1. The molecule has 2 rings (SSSR count). The first-order chi connectivity index (χ1) is 9.91. The van der Waals surface area contributed by atoms with E-state index in [1.165, 1.54) is 0 Å². The number of thiazole rings is 1. The van der Waals surface area contributed by atoms with Crippen LogP contribution in [0.5, 0.6) is 0 Å². The number of aromatic nitrogens is 2. The highest BCUT2D eigenvalue weighted by Crippen LogP contribution is 2.23. The summed E-state index contributed by atoms with van der Waals surface area (Å²) >= 11 is 1.55. The predicted octanol–water partition coefficient (Wildman–Crippen LogP) is 3.39. The van der Waals surface area contributed by atoms with E-state index in [0.717, 1.165) is 16.3 Å².